The summed E-state index contributed by atoms with van der Waals surface area (Å²) in [4.78, 5) is 2.41. The Hall–Kier alpha value is -1.26. The van der Waals surface area contributed by atoms with Gasteiger partial charge in [-0.3, -0.25) is 4.90 Å². The van der Waals surface area contributed by atoms with Crippen molar-refractivity contribution < 1.29 is 9.84 Å². The van der Waals surface area contributed by atoms with Crippen molar-refractivity contribution in [2.75, 3.05) is 20.2 Å². The number of phenolic OH excluding ortho intramolecular Hbond substituents is 1. The molecule has 20 heavy (non-hydrogen) atoms. The Balaban J connectivity index is 2.16. The van der Waals surface area contributed by atoms with E-state index in [1.165, 1.54) is 12.8 Å². The number of ether oxygens (including phenoxy) is 1. The van der Waals surface area contributed by atoms with Gasteiger partial charge in [-0.25, -0.2) is 0 Å². The Morgan fingerprint density at radius 1 is 1.40 bits per heavy atom. The van der Waals surface area contributed by atoms with E-state index in [-0.39, 0.29) is 12.1 Å². The van der Waals surface area contributed by atoms with Gasteiger partial charge in [-0.1, -0.05) is 0 Å². The van der Waals surface area contributed by atoms with Crippen LogP contribution in [0, 0.1) is 5.92 Å². The maximum absolute atomic E-state index is 10.1. The fraction of sp³-hybridized carbons (Fsp3) is 0.625. The fourth-order valence-corrected chi connectivity index (χ4v) is 3.01. The smallest absolute Gasteiger partial charge is 0.120 e. The van der Waals surface area contributed by atoms with Crippen LogP contribution in [-0.4, -0.2) is 36.2 Å². The summed E-state index contributed by atoms with van der Waals surface area (Å²) in [5.74, 6) is 1.66. The SMILES string of the molecule is COc1ccc(O)c(C(C)N2CCCC(C(C)N)C2)c1. The predicted molar refractivity (Wildman–Crippen MR) is 81.0 cm³/mol. The molecule has 1 aliphatic heterocycles. The molecule has 0 bridgehead atoms. The standard InChI is InChI=1S/C16H26N2O2/c1-11(17)13-5-4-8-18(10-13)12(2)15-9-14(20-3)6-7-16(15)19/h6-7,9,11-13,19H,4-5,8,10,17H2,1-3H3. The van der Waals surface area contributed by atoms with Crippen molar-refractivity contribution in [2.24, 2.45) is 11.7 Å². The third-order valence-corrected chi connectivity index (χ3v) is 4.47. The average molecular weight is 278 g/mol. The van der Waals surface area contributed by atoms with Gasteiger partial charge in [-0.2, -0.15) is 0 Å². The summed E-state index contributed by atoms with van der Waals surface area (Å²) in [5.41, 5.74) is 6.97. The first-order valence-corrected chi connectivity index (χ1v) is 7.39. The number of methoxy groups -OCH3 is 1. The molecule has 1 saturated heterocycles. The zero-order valence-corrected chi connectivity index (χ0v) is 12.7. The Morgan fingerprint density at radius 3 is 2.80 bits per heavy atom. The summed E-state index contributed by atoms with van der Waals surface area (Å²) in [5, 5.41) is 10.1. The number of hydrogen-bond donors (Lipinski definition) is 2. The highest BCUT2D eigenvalue weighted by atomic mass is 16.5. The molecule has 4 heteroatoms. The third-order valence-electron chi connectivity index (χ3n) is 4.47. The predicted octanol–water partition coefficient (Wildman–Crippen LogP) is 2.52. The number of rotatable bonds is 4. The first-order chi connectivity index (χ1) is 9.52. The molecule has 3 unspecified atom stereocenters. The van der Waals surface area contributed by atoms with E-state index in [9.17, 15) is 5.11 Å². The molecular formula is C16H26N2O2. The van der Waals surface area contributed by atoms with Crippen molar-refractivity contribution in [3.63, 3.8) is 0 Å². The van der Waals surface area contributed by atoms with Crippen LogP contribution < -0.4 is 10.5 Å². The summed E-state index contributed by atoms with van der Waals surface area (Å²) in [6, 6.07) is 5.81. The molecule has 0 amide bonds. The van der Waals surface area contributed by atoms with E-state index in [0.717, 1.165) is 24.4 Å². The number of hydrogen-bond acceptors (Lipinski definition) is 4. The maximum atomic E-state index is 10.1. The second-order valence-corrected chi connectivity index (χ2v) is 5.86. The van der Waals surface area contributed by atoms with E-state index in [2.05, 4.69) is 18.7 Å². The van der Waals surface area contributed by atoms with E-state index < -0.39 is 0 Å². The van der Waals surface area contributed by atoms with Gasteiger partial charge in [-0.15, -0.1) is 0 Å². The summed E-state index contributed by atoms with van der Waals surface area (Å²) < 4.78 is 5.26. The molecule has 1 fully saturated rings. The van der Waals surface area contributed by atoms with Crippen molar-refractivity contribution in [3.8, 4) is 11.5 Å². The largest absolute Gasteiger partial charge is 0.508 e. The Bertz CT molecular complexity index is 448. The minimum absolute atomic E-state index is 0.173. The van der Waals surface area contributed by atoms with Gasteiger partial charge in [0.05, 0.1) is 7.11 Å². The van der Waals surface area contributed by atoms with Gasteiger partial charge in [0.1, 0.15) is 11.5 Å². The summed E-state index contributed by atoms with van der Waals surface area (Å²) in [6.07, 6.45) is 2.37. The second kappa shape index (κ2) is 6.46. The van der Waals surface area contributed by atoms with E-state index in [0.29, 0.717) is 11.7 Å². The molecule has 0 spiro atoms. The normalized spacial score (nSPS) is 23.3. The van der Waals surface area contributed by atoms with Crippen LogP contribution in [0.15, 0.2) is 18.2 Å². The van der Waals surface area contributed by atoms with E-state index in [4.69, 9.17) is 10.5 Å². The van der Waals surface area contributed by atoms with Crippen LogP contribution in [0.2, 0.25) is 0 Å². The monoisotopic (exact) mass is 278 g/mol. The zero-order chi connectivity index (χ0) is 14.7. The van der Waals surface area contributed by atoms with Crippen molar-refractivity contribution >= 4 is 0 Å². The molecule has 3 atom stereocenters. The lowest BCUT2D eigenvalue weighted by Crippen LogP contribution is -2.43. The maximum Gasteiger partial charge on any atom is 0.120 e. The number of likely N-dealkylation sites (tertiary alicyclic amines) is 1. The topological polar surface area (TPSA) is 58.7 Å². The molecule has 1 aromatic rings. The van der Waals surface area contributed by atoms with Gasteiger partial charge in [0.15, 0.2) is 0 Å². The second-order valence-electron chi connectivity index (χ2n) is 5.86. The van der Waals surface area contributed by atoms with Crippen LogP contribution in [0.3, 0.4) is 0 Å². The Morgan fingerprint density at radius 2 is 2.15 bits per heavy atom. The number of nitrogens with zero attached hydrogens (tertiary/aromatic N) is 1. The van der Waals surface area contributed by atoms with Crippen LogP contribution in [0.5, 0.6) is 11.5 Å². The molecule has 1 aromatic carbocycles. The molecule has 0 saturated carbocycles. The lowest BCUT2D eigenvalue weighted by atomic mass is 9.90. The van der Waals surface area contributed by atoms with Crippen molar-refractivity contribution in [3.05, 3.63) is 23.8 Å². The molecule has 1 aliphatic rings. The lowest BCUT2D eigenvalue weighted by molar-refractivity contribution is 0.120. The number of piperidine rings is 1. The van der Waals surface area contributed by atoms with Crippen LogP contribution in [0.1, 0.15) is 38.3 Å². The molecule has 0 aromatic heterocycles. The van der Waals surface area contributed by atoms with Crippen LogP contribution in [0.25, 0.3) is 0 Å². The van der Waals surface area contributed by atoms with Gasteiger partial charge < -0.3 is 15.6 Å². The van der Waals surface area contributed by atoms with Gasteiger partial charge in [0, 0.05) is 24.2 Å². The number of nitrogens with two attached hydrogens (primary N) is 1. The highest BCUT2D eigenvalue weighted by Gasteiger charge is 2.27. The van der Waals surface area contributed by atoms with Gasteiger partial charge >= 0.3 is 0 Å². The Kier molecular flexibility index (Phi) is 4.89. The van der Waals surface area contributed by atoms with E-state index in [1.54, 1.807) is 19.2 Å². The molecule has 2 rings (SSSR count). The van der Waals surface area contributed by atoms with Gasteiger partial charge in [-0.05, 0) is 57.4 Å². The molecule has 1 heterocycles. The van der Waals surface area contributed by atoms with Crippen molar-refractivity contribution in [1.82, 2.24) is 4.90 Å². The van der Waals surface area contributed by atoms with Crippen molar-refractivity contribution in [1.29, 1.82) is 0 Å². The highest BCUT2D eigenvalue weighted by molar-refractivity contribution is 5.41. The molecule has 3 N–H and O–H groups in total. The van der Waals surface area contributed by atoms with E-state index >= 15 is 0 Å². The third kappa shape index (κ3) is 3.25. The summed E-state index contributed by atoms with van der Waals surface area (Å²) in [6.45, 7) is 6.27. The molecule has 112 valence electrons. The minimum Gasteiger partial charge on any atom is -0.508 e. The summed E-state index contributed by atoms with van der Waals surface area (Å²) >= 11 is 0. The average Bonchev–Trinajstić information content (AvgIpc) is 2.47. The number of benzene rings is 1. The lowest BCUT2D eigenvalue weighted by Gasteiger charge is -2.38. The van der Waals surface area contributed by atoms with Gasteiger partial charge in [0.25, 0.3) is 0 Å². The van der Waals surface area contributed by atoms with Crippen molar-refractivity contribution in [2.45, 2.75) is 38.8 Å². The van der Waals surface area contributed by atoms with Crippen LogP contribution in [0.4, 0.5) is 0 Å². The molecular weight excluding hydrogens is 252 g/mol. The first-order valence-electron chi connectivity index (χ1n) is 7.39. The molecule has 0 aliphatic carbocycles. The number of phenols is 1. The fourth-order valence-electron chi connectivity index (χ4n) is 3.01. The minimum atomic E-state index is 0.173. The van der Waals surface area contributed by atoms with Crippen LogP contribution >= 0.6 is 0 Å². The highest BCUT2D eigenvalue weighted by Crippen LogP contribution is 2.34. The van der Waals surface area contributed by atoms with Gasteiger partial charge in [0.2, 0.25) is 0 Å². The summed E-state index contributed by atoms with van der Waals surface area (Å²) in [7, 11) is 1.65. The first kappa shape index (κ1) is 15.1. The Labute approximate surface area is 121 Å². The van der Waals surface area contributed by atoms with Crippen LogP contribution in [-0.2, 0) is 0 Å². The van der Waals surface area contributed by atoms with E-state index in [1.807, 2.05) is 6.07 Å². The quantitative estimate of drug-likeness (QED) is 0.888. The zero-order valence-electron chi connectivity index (χ0n) is 12.7. The molecule has 0 radical (unpaired) electrons. The number of aromatic hydroxyl groups is 1. The molecule has 4 nitrogen and oxygen atoms in total.